The van der Waals surface area contributed by atoms with Crippen molar-refractivity contribution in [1.82, 2.24) is 4.98 Å². The fraction of sp³-hybridized carbons (Fsp3) is 0. The fourth-order valence-corrected chi connectivity index (χ4v) is 3.34. The minimum atomic E-state index is -3.99. The van der Waals surface area contributed by atoms with Gasteiger partial charge in [-0.25, -0.2) is 8.42 Å². The van der Waals surface area contributed by atoms with Gasteiger partial charge in [0.15, 0.2) is 4.91 Å². The first-order chi connectivity index (χ1) is 11.5. The highest BCUT2D eigenvalue weighted by molar-refractivity contribution is 7.96. The van der Waals surface area contributed by atoms with Crippen molar-refractivity contribution in [1.29, 1.82) is 5.26 Å². The second-order valence-electron chi connectivity index (χ2n) is 5.02. The first-order valence-corrected chi connectivity index (χ1v) is 8.82. The lowest BCUT2D eigenvalue weighted by Gasteiger charge is -2.06. The maximum atomic E-state index is 12.4. The number of benzene rings is 2. The van der Waals surface area contributed by atoms with Crippen LogP contribution in [0.25, 0.3) is 17.0 Å². The van der Waals surface area contributed by atoms with Crippen LogP contribution < -0.4 is 4.72 Å². The minimum Gasteiger partial charge on any atom is -0.361 e. The van der Waals surface area contributed by atoms with Crippen LogP contribution in [0.1, 0.15) is 5.56 Å². The van der Waals surface area contributed by atoms with E-state index in [0.717, 1.165) is 10.9 Å². The molecular formula is C17H12ClN3O2S. The molecule has 1 heterocycles. The molecule has 2 N–H and O–H groups in total. The molecule has 0 spiro atoms. The monoisotopic (exact) mass is 357 g/mol. The van der Waals surface area contributed by atoms with Gasteiger partial charge in [-0.2, -0.15) is 5.26 Å². The standard InChI is InChI=1S/C17H12ClN3O2S/c18-13-5-7-14(8-6-13)21-24(22,23)15(10-19)9-12-11-20-17-4-2-1-3-16(12)17/h1-9,11,20-21H/b15-9-. The third-order valence-corrected chi connectivity index (χ3v) is 4.95. The molecule has 2 aromatic carbocycles. The largest absolute Gasteiger partial charge is 0.361 e. The molecule has 0 saturated heterocycles. The Balaban J connectivity index is 1.98. The van der Waals surface area contributed by atoms with E-state index >= 15 is 0 Å². The van der Waals surface area contributed by atoms with Gasteiger partial charge in [0, 0.05) is 33.4 Å². The van der Waals surface area contributed by atoms with Gasteiger partial charge in [0.05, 0.1) is 0 Å². The van der Waals surface area contributed by atoms with E-state index < -0.39 is 10.0 Å². The number of fused-ring (bicyclic) bond motifs is 1. The van der Waals surface area contributed by atoms with Crippen molar-refractivity contribution in [2.24, 2.45) is 0 Å². The summed E-state index contributed by atoms with van der Waals surface area (Å²) in [5.74, 6) is 0. The van der Waals surface area contributed by atoms with Gasteiger partial charge in [-0.1, -0.05) is 29.8 Å². The predicted octanol–water partition coefficient (Wildman–Crippen LogP) is 4.13. The molecule has 120 valence electrons. The second kappa shape index (κ2) is 6.40. The van der Waals surface area contributed by atoms with Crippen LogP contribution in [0, 0.1) is 11.3 Å². The SMILES string of the molecule is N#C/C(=C/c1c[nH]c2ccccc12)S(=O)(=O)Nc1ccc(Cl)cc1. The average molecular weight is 358 g/mol. The Kier molecular flexibility index (Phi) is 4.30. The molecule has 0 fully saturated rings. The number of aromatic nitrogens is 1. The molecule has 5 nitrogen and oxygen atoms in total. The summed E-state index contributed by atoms with van der Waals surface area (Å²) in [5, 5.41) is 10.6. The van der Waals surface area contributed by atoms with E-state index in [2.05, 4.69) is 9.71 Å². The minimum absolute atomic E-state index is 0.333. The number of aromatic amines is 1. The van der Waals surface area contributed by atoms with Crippen molar-refractivity contribution >= 4 is 44.3 Å². The highest BCUT2D eigenvalue weighted by Crippen LogP contribution is 2.23. The van der Waals surface area contributed by atoms with Crippen LogP contribution in [-0.2, 0) is 10.0 Å². The molecule has 0 unspecified atom stereocenters. The molecule has 0 amide bonds. The maximum Gasteiger partial charge on any atom is 0.272 e. The van der Waals surface area contributed by atoms with Crippen LogP contribution in [-0.4, -0.2) is 13.4 Å². The van der Waals surface area contributed by atoms with E-state index in [-0.39, 0.29) is 4.91 Å². The molecule has 0 aliphatic rings. The molecule has 1 aromatic heterocycles. The smallest absolute Gasteiger partial charge is 0.272 e. The van der Waals surface area contributed by atoms with Crippen molar-refractivity contribution in [3.63, 3.8) is 0 Å². The summed E-state index contributed by atoms with van der Waals surface area (Å²) >= 11 is 5.78. The molecule has 0 bridgehead atoms. The maximum absolute atomic E-state index is 12.4. The molecule has 0 atom stereocenters. The Morgan fingerprint density at radius 1 is 1.17 bits per heavy atom. The van der Waals surface area contributed by atoms with Crippen LogP contribution in [0.15, 0.2) is 59.6 Å². The molecule has 7 heteroatoms. The Hall–Kier alpha value is -2.75. The van der Waals surface area contributed by atoms with Gasteiger partial charge in [-0.15, -0.1) is 0 Å². The van der Waals surface area contributed by atoms with E-state index in [0.29, 0.717) is 16.3 Å². The van der Waals surface area contributed by atoms with Crippen molar-refractivity contribution in [2.75, 3.05) is 4.72 Å². The molecule has 0 saturated carbocycles. The lowest BCUT2D eigenvalue weighted by molar-refractivity contribution is 0.608. The number of hydrogen-bond acceptors (Lipinski definition) is 3. The number of nitriles is 1. The van der Waals surface area contributed by atoms with Crippen molar-refractivity contribution in [2.45, 2.75) is 0 Å². The van der Waals surface area contributed by atoms with Crippen molar-refractivity contribution < 1.29 is 8.42 Å². The molecule has 3 rings (SSSR count). The third kappa shape index (κ3) is 3.27. The summed E-state index contributed by atoms with van der Waals surface area (Å²) in [7, 11) is -3.99. The quantitative estimate of drug-likeness (QED) is 0.688. The summed E-state index contributed by atoms with van der Waals surface area (Å²) in [4.78, 5) is 2.67. The lowest BCUT2D eigenvalue weighted by atomic mass is 10.1. The van der Waals surface area contributed by atoms with Gasteiger partial charge in [0.1, 0.15) is 6.07 Å². The Labute approximate surface area is 144 Å². The van der Waals surface area contributed by atoms with Gasteiger partial charge < -0.3 is 4.98 Å². The Morgan fingerprint density at radius 2 is 1.88 bits per heavy atom. The van der Waals surface area contributed by atoms with Crippen molar-refractivity contribution in [3.05, 3.63) is 70.2 Å². The molecular weight excluding hydrogens is 346 g/mol. The van der Waals surface area contributed by atoms with Crippen LogP contribution in [0.3, 0.4) is 0 Å². The van der Waals surface area contributed by atoms with Crippen LogP contribution in [0.4, 0.5) is 5.69 Å². The number of H-pyrrole nitrogens is 1. The lowest BCUT2D eigenvalue weighted by Crippen LogP contribution is -2.14. The number of rotatable bonds is 4. The Bertz CT molecular complexity index is 1060. The number of hydrogen-bond donors (Lipinski definition) is 2. The molecule has 0 aliphatic carbocycles. The van der Waals surface area contributed by atoms with Gasteiger partial charge in [-0.3, -0.25) is 4.72 Å². The average Bonchev–Trinajstić information content (AvgIpc) is 2.97. The highest BCUT2D eigenvalue weighted by Gasteiger charge is 2.18. The number of anilines is 1. The van der Waals surface area contributed by atoms with E-state index in [1.165, 1.54) is 18.2 Å². The number of sulfonamides is 1. The predicted molar refractivity (Wildman–Crippen MR) is 95.9 cm³/mol. The van der Waals surface area contributed by atoms with Crippen LogP contribution in [0.5, 0.6) is 0 Å². The molecule has 24 heavy (non-hydrogen) atoms. The van der Waals surface area contributed by atoms with Gasteiger partial charge >= 0.3 is 0 Å². The summed E-state index contributed by atoms with van der Waals surface area (Å²) in [5.41, 5.74) is 1.83. The third-order valence-electron chi connectivity index (χ3n) is 3.40. The highest BCUT2D eigenvalue weighted by atomic mass is 35.5. The zero-order chi connectivity index (χ0) is 17.2. The topological polar surface area (TPSA) is 85.8 Å². The van der Waals surface area contributed by atoms with Gasteiger partial charge in [-0.05, 0) is 36.4 Å². The molecule has 0 radical (unpaired) electrons. The summed E-state index contributed by atoms with van der Waals surface area (Å²) in [6.45, 7) is 0. The van der Waals surface area contributed by atoms with Crippen molar-refractivity contribution in [3.8, 4) is 6.07 Å². The van der Waals surface area contributed by atoms with Crippen LogP contribution >= 0.6 is 11.6 Å². The zero-order valence-electron chi connectivity index (χ0n) is 12.3. The summed E-state index contributed by atoms with van der Waals surface area (Å²) < 4.78 is 27.2. The molecule has 3 aromatic rings. The van der Waals surface area contributed by atoms with E-state index in [4.69, 9.17) is 11.6 Å². The zero-order valence-corrected chi connectivity index (χ0v) is 13.9. The van der Waals surface area contributed by atoms with E-state index in [9.17, 15) is 13.7 Å². The fourth-order valence-electron chi connectivity index (χ4n) is 2.25. The molecule has 0 aliphatic heterocycles. The summed E-state index contributed by atoms with van der Waals surface area (Å²) in [6, 6.07) is 15.4. The van der Waals surface area contributed by atoms with Crippen LogP contribution in [0.2, 0.25) is 5.02 Å². The number of allylic oxidation sites excluding steroid dienone is 1. The second-order valence-corrected chi connectivity index (χ2v) is 7.11. The number of nitrogens with one attached hydrogen (secondary N) is 2. The number of nitrogens with zero attached hydrogens (tertiary/aromatic N) is 1. The van der Waals surface area contributed by atoms with E-state index in [1.807, 2.05) is 24.3 Å². The first kappa shape index (κ1) is 16.1. The summed E-state index contributed by atoms with van der Waals surface area (Å²) in [6.07, 6.45) is 3.01. The van der Waals surface area contributed by atoms with Gasteiger partial charge in [0.25, 0.3) is 10.0 Å². The van der Waals surface area contributed by atoms with E-state index in [1.54, 1.807) is 24.4 Å². The Morgan fingerprint density at radius 3 is 2.58 bits per heavy atom. The number of para-hydroxylation sites is 1. The normalized spacial score (nSPS) is 12.1. The van der Waals surface area contributed by atoms with Gasteiger partial charge in [0.2, 0.25) is 0 Å². The first-order valence-electron chi connectivity index (χ1n) is 6.96. The number of halogens is 1.